The molecule has 0 unspecified atom stereocenters. The number of aliphatic hydroxyl groups excluding tert-OH is 1. The highest BCUT2D eigenvalue weighted by Crippen LogP contribution is 2.64. The van der Waals surface area contributed by atoms with Gasteiger partial charge < -0.3 is 15.2 Å². The molecule has 200 valence electrons. The molecule has 8 heteroatoms. The van der Waals surface area contributed by atoms with E-state index in [-0.39, 0.29) is 28.7 Å². The summed E-state index contributed by atoms with van der Waals surface area (Å²) in [6.07, 6.45) is 5.04. The third kappa shape index (κ3) is 4.39. The number of hydrogen-bond donors (Lipinski definition) is 2. The van der Waals surface area contributed by atoms with E-state index in [4.69, 9.17) is 16.3 Å². The number of fused-ring (bicyclic) bond motifs is 1. The first-order valence-corrected chi connectivity index (χ1v) is 13.9. The number of aromatic nitrogens is 2. The highest BCUT2D eigenvalue weighted by Gasteiger charge is 2.63. The molecule has 4 atom stereocenters. The van der Waals surface area contributed by atoms with Crippen LogP contribution in [0.25, 0.3) is 10.8 Å². The van der Waals surface area contributed by atoms with Crippen LogP contribution >= 0.6 is 11.6 Å². The molecule has 2 aromatic heterocycles. The lowest BCUT2D eigenvalue weighted by Gasteiger charge is -2.43. The van der Waals surface area contributed by atoms with Crippen molar-refractivity contribution in [1.29, 1.82) is 0 Å². The van der Waals surface area contributed by atoms with Crippen LogP contribution in [0.1, 0.15) is 56.7 Å². The molecule has 3 aromatic rings. The number of likely N-dealkylation sites (tertiary alicyclic amines) is 1. The van der Waals surface area contributed by atoms with Gasteiger partial charge in [0.2, 0.25) is 5.91 Å². The monoisotopic (exact) mass is 534 g/mol. The summed E-state index contributed by atoms with van der Waals surface area (Å²) in [5.74, 6) is 0.816. The molecule has 6 rings (SSSR count). The SMILES string of the molecule is CC1(C)[C@H](C(=O)Nc2cc3cc(C4CCN([C@]5(C)COC[C@@H]5O)CC4)c(Cl)cc3cn2)[C@H]1c1ccccn1. The van der Waals surface area contributed by atoms with Gasteiger partial charge in [0.1, 0.15) is 5.82 Å². The van der Waals surface area contributed by atoms with Gasteiger partial charge in [-0.2, -0.15) is 0 Å². The minimum atomic E-state index is -0.454. The maximum absolute atomic E-state index is 13.2. The zero-order chi connectivity index (χ0) is 26.7. The van der Waals surface area contributed by atoms with Crippen molar-refractivity contribution in [2.45, 2.75) is 57.1 Å². The van der Waals surface area contributed by atoms with Gasteiger partial charge in [-0.25, -0.2) is 4.98 Å². The predicted octanol–water partition coefficient (Wildman–Crippen LogP) is 4.99. The van der Waals surface area contributed by atoms with Crippen molar-refractivity contribution in [1.82, 2.24) is 14.9 Å². The van der Waals surface area contributed by atoms with Crippen molar-refractivity contribution in [2.24, 2.45) is 11.3 Å². The summed E-state index contributed by atoms with van der Waals surface area (Å²) in [5.41, 5.74) is 1.62. The van der Waals surface area contributed by atoms with Gasteiger partial charge in [0.15, 0.2) is 0 Å². The molecular weight excluding hydrogens is 500 g/mol. The van der Waals surface area contributed by atoms with Crippen molar-refractivity contribution >= 4 is 34.1 Å². The van der Waals surface area contributed by atoms with E-state index in [1.807, 2.05) is 30.3 Å². The number of halogens is 1. The van der Waals surface area contributed by atoms with Gasteiger partial charge >= 0.3 is 0 Å². The van der Waals surface area contributed by atoms with Crippen molar-refractivity contribution in [3.05, 3.63) is 65.1 Å². The molecule has 3 aliphatic rings. The van der Waals surface area contributed by atoms with Gasteiger partial charge in [0, 0.05) is 34.4 Å². The molecule has 2 saturated heterocycles. The number of benzene rings is 1. The standard InChI is InChI=1S/C30H35ClN4O3/c1-29(2)26(23-6-4-5-9-32-23)27(29)28(37)34-25-14-19-12-21(22(31)13-20(19)15-33-25)18-7-10-35(11-8-18)30(3)17-38-16-24(30)36/h4-6,9,12-15,18,24,26-27,36H,7-8,10-11,16-17H2,1-3H3,(H,33,34,37)/t24-,26+,27-,30+/m0/s1. The van der Waals surface area contributed by atoms with Crippen molar-refractivity contribution < 1.29 is 14.6 Å². The van der Waals surface area contributed by atoms with E-state index in [0.29, 0.717) is 24.9 Å². The first-order chi connectivity index (χ1) is 18.2. The molecule has 2 aliphatic heterocycles. The minimum Gasteiger partial charge on any atom is -0.389 e. The van der Waals surface area contributed by atoms with E-state index in [1.165, 1.54) is 0 Å². The Labute approximate surface area is 228 Å². The summed E-state index contributed by atoms with van der Waals surface area (Å²) in [6, 6.07) is 11.9. The Balaban J connectivity index is 1.17. The molecule has 1 amide bonds. The number of aliphatic hydroxyl groups is 1. The van der Waals surface area contributed by atoms with Crippen LogP contribution in [0.5, 0.6) is 0 Å². The number of pyridine rings is 2. The normalized spacial score (nSPS) is 29.4. The minimum absolute atomic E-state index is 0.0226. The number of carbonyl (C=O) groups is 1. The van der Waals surface area contributed by atoms with Crippen molar-refractivity contribution in [2.75, 3.05) is 31.6 Å². The van der Waals surface area contributed by atoms with Gasteiger partial charge in [0.05, 0.1) is 30.8 Å². The number of nitrogens with zero attached hydrogens (tertiary/aromatic N) is 3. The number of nitrogens with one attached hydrogen (secondary N) is 1. The maximum Gasteiger partial charge on any atom is 0.229 e. The molecule has 1 saturated carbocycles. The van der Waals surface area contributed by atoms with E-state index in [0.717, 1.165) is 53.0 Å². The van der Waals surface area contributed by atoms with Crippen molar-refractivity contribution in [3.63, 3.8) is 0 Å². The zero-order valence-corrected chi connectivity index (χ0v) is 22.9. The summed E-state index contributed by atoms with van der Waals surface area (Å²) in [4.78, 5) is 24.6. The van der Waals surface area contributed by atoms with E-state index in [2.05, 4.69) is 47.0 Å². The summed E-state index contributed by atoms with van der Waals surface area (Å²) in [7, 11) is 0. The maximum atomic E-state index is 13.2. The van der Waals surface area contributed by atoms with E-state index in [9.17, 15) is 9.90 Å². The van der Waals surface area contributed by atoms with Gasteiger partial charge in [0.25, 0.3) is 0 Å². The second kappa shape index (κ2) is 9.56. The fraction of sp³-hybridized carbons (Fsp3) is 0.500. The lowest BCUT2D eigenvalue weighted by atomic mass is 9.85. The number of amides is 1. The summed E-state index contributed by atoms with van der Waals surface area (Å²) >= 11 is 6.75. The molecule has 1 aromatic carbocycles. The average molecular weight is 535 g/mol. The summed E-state index contributed by atoms with van der Waals surface area (Å²) < 4.78 is 5.55. The largest absolute Gasteiger partial charge is 0.389 e. The molecule has 2 N–H and O–H groups in total. The number of anilines is 1. The second-order valence-corrected chi connectivity index (χ2v) is 12.4. The van der Waals surface area contributed by atoms with E-state index < -0.39 is 6.10 Å². The topological polar surface area (TPSA) is 87.6 Å². The third-order valence-electron chi connectivity index (χ3n) is 9.25. The smallest absolute Gasteiger partial charge is 0.229 e. The molecule has 0 spiro atoms. The van der Waals surface area contributed by atoms with E-state index in [1.54, 1.807) is 12.4 Å². The first kappa shape index (κ1) is 25.7. The van der Waals surface area contributed by atoms with Gasteiger partial charge in [-0.05, 0) is 85.5 Å². The Morgan fingerprint density at radius 3 is 2.61 bits per heavy atom. The van der Waals surface area contributed by atoms with Crippen LogP contribution in [-0.4, -0.2) is 63.8 Å². The van der Waals surface area contributed by atoms with Crippen LogP contribution in [0.2, 0.25) is 5.02 Å². The van der Waals surface area contributed by atoms with Crippen LogP contribution in [-0.2, 0) is 9.53 Å². The lowest BCUT2D eigenvalue weighted by molar-refractivity contribution is -0.118. The molecule has 38 heavy (non-hydrogen) atoms. The summed E-state index contributed by atoms with van der Waals surface area (Å²) in [6.45, 7) is 9.08. The number of rotatable bonds is 5. The molecule has 0 bridgehead atoms. The molecule has 0 radical (unpaired) electrons. The van der Waals surface area contributed by atoms with Gasteiger partial charge in [-0.15, -0.1) is 0 Å². The zero-order valence-electron chi connectivity index (χ0n) is 22.2. The Bertz CT molecular complexity index is 1360. The quantitative estimate of drug-likeness (QED) is 0.479. The highest BCUT2D eigenvalue weighted by atomic mass is 35.5. The molecule has 1 aliphatic carbocycles. The van der Waals surface area contributed by atoms with Gasteiger partial charge in [-0.1, -0.05) is 31.5 Å². The Morgan fingerprint density at radius 2 is 1.92 bits per heavy atom. The Morgan fingerprint density at radius 1 is 1.13 bits per heavy atom. The average Bonchev–Trinajstić information content (AvgIpc) is 3.34. The van der Waals surface area contributed by atoms with Crippen LogP contribution in [0.4, 0.5) is 5.82 Å². The number of piperidine rings is 1. The van der Waals surface area contributed by atoms with Crippen LogP contribution in [0, 0.1) is 11.3 Å². The fourth-order valence-corrected chi connectivity index (χ4v) is 6.99. The van der Waals surface area contributed by atoms with E-state index >= 15 is 0 Å². The lowest BCUT2D eigenvalue weighted by Crippen LogP contribution is -2.56. The number of carbonyl (C=O) groups excluding carboxylic acids is 1. The van der Waals surface area contributed by atoms with Crippen LogP contribution in [0.15, 0.2) is 48.8 Å². The second-order valence-electron chi connectivity index (χ2n) is 12.0. The Hall–Kier alpha value is -2.58. The molecular formula is C30H35ClN4O3. The van der Waals surface area contributed by atoms with Crippen molar-refractivity contribution in [3.8, 4) is 0 Å². The predicted molar refractivity (Wildman–Crippen MR) is 148 cm³/mol. The molecule has 7 nitrogen and oxygen atoms in total. The van der Waals surface area contributed by atoms with Crippen LogP contribution in [0.3, 0.4) is 0 Å². The number of hydrogen-bond acceptors (Lipinski definition) is 6. The Kier molecular flexibility index (Phi) is 6.46. The van der Waals surface area contributed by atoms with Gasteiger partial charge in [-0.3, -0.25) is 14.7 Å². The fourth-order valence-electron chi connectivity index (χ4n) is 6.66. The molecule has 3 fully saturated rings. The highest BCUT2D eigenvalue weighted by molar-refractivity contribution is 6.32. The third-order valence-corrected chi connectivity index (χ3v) is 9.58. The summed E-state index contributed by atoms with van der Waals surface area (Å²) in [5, 5.41) is 16.2. The first-order valence-electron chi connectivity index (χ1n) is 13.5. The number of ether oxygens (including phenoxy) is 1. The molecule has 4 heterocycles. The van der Waals surface area contributed by atoms with Crippen LogP contribution < -0.4 is 5.32 Å².